The SMILES string of the molecule is CCOc1ccc(NC(=O)[C@@H]2[C@@H]3C=C[C@]4(O3)[C@@H]2C(=O)N([C@@H](C)CC)[C@@H]4C(=O)NC2CCCCC2)cc1. The zero-order chi connectivity index (χ0) is 25.4. The second-order valence-electron chi connectivity index (χ2n) is 10.5. The Bertz CT molecular complexity index is 1030. The molecule has 1 aromatic carbocycles. The van der Waals surface area contributed by atoms with Crippen LogP contribution in [0.25, 0.3) is 0 Å². The van der Waals surface area contributed by atoms with Crippen LogP contribution in [0.2, 0.25) is 0 Å². The van der Waals surface area contributed by atoms with Crippen LogP contribution in [-0.2, 0) is 19.1 Å². The van der Waals surface area contributed by atoms with Crippen LogP contribution in [0, 0.1) is 11.8 Å². The summed E-state index contributed by atoms with van der Waals surface area (Å²) in [5, 5.41) is 6.18. The molecule has 1 spiro atoms. The fourth-order valence-electron chi connectivity index (χ4n) is 6.43. The first-order valence-electron chi connectivity index (χ1n) is 13.4. The van der Waals surface area contributed by atoms with Crippen molar-refractivity contribution in [1.82, 2.24) is 10.2 Å². The fourth-order valence-corrected chi connectivity index (χ4v) is 6.43. The second kappa shape index (κ2) is 9.88. The molecule has 0 radical (unpaired) electrons. The molecule has 194 valence electrons. The van der Waals surface area contributed by atoms with Crippen molar-refractivity contribution < 1.29 is 23.9 Å². The van der Waals surface area contributed by atoms with Crippen molar-refractivity contribution >= 4 is 23.4 Å². The van der Waals surface area contributed by atoms with Crippen molar-refractivity contribution in [2.24, 2.45) is 11.8 Å². The summed E-state index contributed by atoms with van der Waals surface area (Å²) >= 11 is 0. The van der Waals surface area contributed by atoms with E-state index in [2.05, 4.69) is 10.6 Å². The maximum Gasteiger partial charge on any atom is 0.246 e. The van der Waals surface area contributed by atoms with Gasteiger partial charge in [0, 0.05) is 17.8 Å². The number of rotatable bonds is 8. The number of anilines is 1. The second-order valence-corrected chi connectivity index (χ2v) is 10.5. The average molecular weight is 496 g/mol. The number of nitrogens with one attached hydrogen (secondary N) is 2. The van der Waals surface area contributed by atoms with E-state index in [1.165, 1.54) is 6.42 Å². The summed E-state index contributed by atoms with van der Waals surface area (Å²) in [7, 11) is 0. The first-order valence-corrected chi connectivity index (χ1v) is 13.4. The van der Waals surface area contributed by atoms with Gasteiger partial charge in [-0.2, -0.15) is 0 Å². The van der Waals surface area contributed by atoms with E-state index in [1.807, 2.05) is 32.9 Å². The highest BCUT2D eigenvalue weighted by molar-refractivity contribution is 6.03. The molecule has 1 aliphatic carbocycles. The highest BCUT2D eigenvalue weighted by Crippen LogP contribution is 2.55. The van der Waals surface area contributed by atoms with Gasteiger partial charge in [-0.05, 0) is 57.4 Å². The van der Waals surface area contributed by atoms with Crippen LogP contribution in [0.4, 0.5) is 5.69 Å². The average Bonchev–Trinajstić information content (AvgIpc) is 3.53. The van der Waals surface area contributed by atoms with Gasteiger partial charge in [-0.15, -0.1) is 0 Å². The van der Waals surface area contributed by atoms with Gasteiger partial charge in [-0.1, -0.05) is 38.3 Å². The summed E-state index contributed by atoms with van der Waals surface area (Å²) in [4.78, 5) is 42.8. The van der Waals surface area contributed by atoms with Crippen LogP contribution < -0.4 is 15.4 Å². The standard InChI is InChI=1S/C28H37N3O5/c1-4-17(3)31-24(26(33)30-18-9-7-6-8-10-18)28-16-15-21(36-28)22(23(28)27(31)34)25(32)29-19-11-13-20(14-12-19)35-5-2/h11-18,21-24H,4-10H2,1-3H3,(H,29,32)(H,30,33)/t17-,21-,22+,23-,24+,28-/m0/s1. The highest BCUT2D eigenvalue weighted by atomic mass is 16.5. The summed E-state index contributed by atoms with van der Waals surface area (Å²) in [6.07, 6.45) is 9.20. The smallest absolute Gasteiger partial charge is 0.246 e. The molecule has 1 aromatic rings. The molecule has 0 aromatic heterocycles. The molecular formula is C28H37N3O5. The van der Waals surface area contributed by atoms with Crippen molar-refractivity contribution in [3.05, 3.63) is 36.4 Å². The minimum atomic E-state index is -1.12. The molecular weight excluding hydrogens is 458 g/mol. The molecule has 8 heteroatoms. The number of carbonyl (C=O) groups is 3. The van der Waals surface area contributed by atoms with E-state index >= 15 is 0 Å². The molecule has 5 rings (SSSR count). The van der Waals surface area contributed by atoms with Gasteiger partial charge in [-0.3, -0.25) is 14.4 Å². The minimum absolute atomic E-state index is 0.122. The van der Waals surface area contributed by atoms with Crippen LogP contribution in [0.1, 0.15) is 59.3 Å². The summed E-state index contributed by atoms with van der Waals surface area (Å²) in [5.41, 5.74) is -0.495. The van der Waals surface area contributed by atoms with Crippen LogP contribution >= 0.6 is 0 Å². The van der Waals surface area contributed by atoms with Gasteiger partial charge in [0.1, 0.15) is 17.4 Å². The number of fused-ring (bicyclic) bond motifs is 1. The molecule has 36 heavy (non-hydrogen) atoms. The number of ether oxygens (including phenoxy) is 2. The van der Waals surface area contributed by atoms with Gasteiger partial charge < -0.3 is 25.0 Å². The Morgan fingerprint density at radius 1 is 1.14 bits per heavy atom. The number of nitrogens with zero attached hydrogens (tertiary/aromatic N) is 1. The Labute approximate surface area is 212 Å². The van der Waals surface area contributed by atoms with Gasteiger partial charge in [0.2, 0.25) is 17.7 Å². The molecule has 3 aliphatic heterocycles. The minimum Gasteiger partial charge on any atom is -0.494 e. The maximum atomic E-state index is 13.9. The Morgan fingerprint density at radius 3 is 2.53 bits per heavy atom. The zero-order valence-electron chi connectivity index (χ0n) is 21.4. The molecule has 3 fully saturated rings. The first kappa shape index (κ1) is 24.8. The summed E-state index contributed by atoms with van der Waals surface area (Å²) in [5.74, 6) is -1.32. The van der Waals surface area contributed by atoms with E-state index in [0.717, 1.165) is 31.4 Å². The van der Waals surface area contributed by atoms with Gasteiger partial charge in [0.15, 0.2) is 0 Å². The first-order chi connectivity index (χ1) is 17.4. The number of carbonyl (C=O) groups excluding carboxylic acids is 3. The number of benzene rings is 1. The van der Waals surface area contributed by atoms with Crippen LogP contribution in [0.5, 0.6) is 5.75 Å². The number of hydrogen-bond donors (Lipinski definition) is 2. The van der Waals surface area contributed by atoms with Crippen LogP contribution in [0.3, 0.4) is 0 Å². The van der Waals surface area contributed by atoms with Crippen molar-refractivity contribution in [2.75, 3.05) is 11.9 Å². The van der Waals surface area contributed by atoms with E-state index in [0.29, 0.717) is 18.7 Å². The lowest BCUT2D eigenvalue weighted by atomic mass is 9.74. The Kier molecular flexibility index (Phi) is 6.81. The van der Waals surface area contributed by atoms with E-state index in [9.17, 15) is 14.4 Å². The lowest BCUT2D eigenvalue weighted by molar-refractivity contribution is -0.143. The Hall–Kier alpha value is -2.87. The van der Waals surface area contributed by atoms with Crippen molar-refractivity contribution in [1.29, 1.82) is 0 Å². The van der Waals surface area contributed by atoms with E-state index in [1.54, 1.807) is 29.2 Å². The van der Waals surface area contributed by atoms with Gasteiger partial charge in [0.05, 0.1) is 24.5 Å². The monoisotopic (exact) mass is 495 g/mol. The third-order valence-electron chi connectivity index (χ3n) is 8.31. The number of amides is 3. The van der Waals surface area contributed by atoms with Crippen LogP contribution in [-0.4, -0.2) is 59.1 Å². The molecule has 3 heterocycles. The lowest BCUT2D eigenvalue weighted by Crippen LogP contribution is -2.58. The topological polar surface area (TPSA) is 97.0 Å². The van der Waals surface area contributed by atoms with Gasteiger partial charge in [-0.25, -0.2) is 0 Å². The summed E-state index contributed by atoms with van der Waals surface area (Å²) < 4.78 is 11.9. The Balaban J connectivity index is 1.40. The maximum absolute atomic E-state index is 13.9. The van der Waals surface area contributed by atoms with E-state index in [-0.39, 0.29) is 29.8 Å². The third-order valence-corrected chi connectivity index (χ3v) is 8.31. The zero-order valence-corrected chi connectivity index (χ0v) is 21.4. The molecule has 0 unspecified atom stereocenters. The molecule has 2 bridgehead atoms. The van der Waals surface area contributed by atoms with Crippen molar-refractivity contribution in [3.8, 4) is 5.75 Å². The normalized spacial score (nSPS) is 31.9. The highest BCUT2D eigenvalue weighted by Gasteiger charge is 2.73. The molecule has 2 N–H and O–H groups in total. The van der Waals surface area contributed by atoms with Crippen LogP contribution in [0.15, 0.2) is 36.4 Å². The largest absolute Gasteiger partial charge is 0.494 e. The summed E-state index contributed by atoms with van der Waals surface area (Å²) in [6.45, 7) is 6.44. The van der Waals surface area contributed by atoms with E-state index < -0.39 is 29.6 Å². The predicted octanol–water partition coefficient (Wildman–Crippen LogP) is 3.42. The lowest BCUT2D eigenvalue weighted by Gasteiger charge is -2.36. The van der Waals surface area contributed by atoms with Crippen molar-refractivity contribution in [2.45, 2.75) is 89.1 Å². The number of hydrogen-bond acceptors (Lipinski definition) is 5. The molecule has 4 aliphatic rings. The molecule has 1 saturated carbocycles. The van der Waals surface area contributed by atoms with Gasteiger partial charge in [0.25, 0.3) is 0 Å². The molecule has 8 nitrogen and oxygen atoms in total. The molecule has 2 saturated heterocycles. The van der Waals surface area contributed by atoms with Crippen molar-refractivity contribution in [3.63, 3.8) is 0 Å². The fraction of sp³-hybridized carbons (Fsp3) is 0.607. The predicted molar refractivity (Wildman–Crippen MR) is 135 cm³/mol. The van der Waals surface area contributed by atoms with Gasteiger partial charge >= 0.3 is 0 Å². The quantitative estimate of drug-likeness (QED) is 0.539. The van der Waals surface area contributed by atoms with E-state index in [4.69, 9.17) is 9.47 Å². The molecule has 6 atom stereocenters. The Morgan fingerprint density at radius 2 is 1.86 bits per heavy atom. The molecule has 3 amide bonds. The summed E-state index contributed by atoms with van der Waals surface area (Å²) in [6, 6.07) is 6.36. The number of likely N-dealkylation sites (tertiary alicyclic amines) is 1. The third kappa shape index (κ3) is 4.09.